The number of halogens is 5. The third-order valence-corrected chi connectivity index (χ3v) is 5.92. The quantitative estimate of drug-likeness (QED) is 0.314. The van der Waals surface area contributed by atoms with E-state index in [1.807, 2.05) is 30.3 Å². The first-order valence-corrected chi connectivity index (χ1v) is 9.23. The van der Waals surface area contributed by atoms with Crippen LogP contribution in [-0.4, -0.2) is 22.8 Å². The van der Waals surface area contributed by atoms with Gasteiger partial charge in [-0.05, 0) is 31.2 Å². The summed E-state index contributed by atoms with van der Waals surface area (Å²) < 4.78 is 68.3. The van der Waals surface area contributed by atoms with Gasteiger partial charge in [-0.25, -0.2) is 22.0 Å². The van der Waals surface area contributed by atoms with Crippen molar-refractivity contribution in [2.45, 2.75) is 44.3 Å². The molecule has 2 fully saturated rings. The fraction of sp³-hybridized carbons (Fsp3) is 0.381. The number of carbonyl (C=O) groups excluding carboxylic acids is 1. The SMILES string of the molecule is O=C(c1c(F)c(F)c(F)c(F)c1F)C1CC2CCC(C1)N2Cc1ccccc1. The van der Waals surface area contributed by atoms with Crippen LogP contribution in [0.4, 0.5) is 22.0 Å². The number of Topliss-reactive ketones (excluding diaryl/α,β-unsaturated/α-hetero) is 1. The van der Waals surface area contributed by atoms with Crippen molar-refractivity contribution in [1.29, 1.82) is 0 Å². The topological polar surface area (TPSA) is 20.3 Å². The number of fused-ring (bicyclic) bond motifs is 2. The minimum atomic E-state index is -2.25. The van der Waals surface area contributed by atoms with Crippen LogP contribution in [0.1, 0.15) is 41.6 Å². The fourth-order valence-corrected chi connectivity index (χ4v) is 4.57. The average Bonchev–Trinajstić information content (AvgIpc) is 2.92. The van der Waals surface area contributed by atoms with Gasteiger partial charge in [-0.15, -0.1) is 0 Å². The highest BCUT2D eigenvalue weighted by atomic mass is 19.2. The van der Waals surface area contributed by atoms with Crippen molar-refractivity contribution in [2.75, 3.05) is 0 Å². The number of rotatable bonds is 4. The summed E-state index contributed by atoms with van der Waals surface area (Å²) in [4.78, 5) is 15.0. The van der Waals surface area contributed by atoms with Gasteiger partial charge in [0.1, 0.15) is 0 Å². The molecule has 0 amide bonds. The average molecular weight is 395 g/mol. The van der Waals surface area contributed by atoms with Crippen LogP contribution in [0.2, 0.25) is 0 Å². The normalized spacial score (nSPS) is 24.5. The maximum absolute atomic E-state index is 14.0. The van der Waals surface area contributed by atoms with E-state index in [-0.39, 0.29) is 12.1 Å². The van der Waals surface area contributed by atoms with Gasteiger partial charge in [-0.1, -0.05) is 30.3 Å². The van der Waals surface area contributed by atoms with Gasteiger partial charge in [0.15, 0.2) is 29.1 Å². The van der Waals surface area contributed by atoms with Gasteiger partial charge in [-0.2, -0.15) is 0 Å². The molecule has 2 aliphatic rings. The molecule has 4 rings (SSSR count). The van der Waals surface area contributed by atoms with Gasteiger partial charge in [0.25, 0.3) is 0 Å². The van der Waals surface area contributed by atoms with E-state index in [2.05, 4.69) is 4.90 Å². The van der Waals surface area contributed by atoms with Crippen molar-refractivity contribution in [2.24, 2.45) is 5.92 Å². The maximum Gasteiger partial charge on any atom is 0.200 e. The van der Waals surface area contributed by atoms with E-state index in [4.69, 9.17) is 0 Å². The molecule has 148 valence electrons. The Bertz CT molecular complexity index is 874. The molecule has 0 N–H and O–H groups in total. The second-order valence-electron chi connectivity index (χ2n) is 7.52. The molecular weight excluding hydrogens is 377 g/mol. The summed E-state index contributed by atoms with van der Waals surface area (Å²) in [5.74, 6) is -12.2. The van der Waals surface area contributed by atoms with Crippen molar-refractivity contribution >= 4 is 5.78 Å². The Balaban J connectivity index is 1.56. The summed E-state index contributed by atoms with van der Waals surface area (Å²) in [5.41, 5.74) is -0.179. The van der Waals surface area contributed by atoms with Crippen molar-refractivity contribution in [3.8, 4) is 0 Å². The summed E-state index contributed by atoms with van der Waals surface area (Å²) in [6.45, 7) is 0.708. The maximum atomic E-state index is 14.0. The molecule has 2 aromatic rings. The Kier molecular flexibility index (Phi) is 4.95. The molecule has 0 spiro atoms. The van der Waals surface area contributed by atoms with Gasteiger partial charge in [0, 0.05) is 24.5 Å². The van der Waals surface area contributed by atoms with Crippen molar-refractivity contribution in [3.05, 3.63) is 70.5 Å². The van der Waals surface area contributed by atoms with Gasteiger partial charge >= 0.3 is 0 Å². The molecule has 0 saturated carbocycles. The number of carbonyl (C=O) groups is 1. The predicted molar refractivity (Wildman–Crippen MR) is 92.1 cm³/mol. The summed E-state index contributed by atoms with van der Waals surface area (Å²) in [5, 5.41) is 0. The predicted octanol–water partition coefficient (Wildman–Crippen LogP) is 5.01. The van der Waals surface area contributed by atoms with Crippen molar-refractivity contribution in [3.63, 3.8) is 0 Å². The Labute approximate surface area is 159 Å². The number of benzene rings is 2. The third kappa shape index (κ3) is 3.11. The molecule has 2 aromatic carbocycles. The standard InChI is InChI=1S/C21H18F5NO/c22-16-15(17(23)19(25)20(26)18(16)24)21(28)12-8-13-6-7-14(9-12)27(13)10-11-4-2-1-3-5-11/h1-5,12-14H,6-10H2. The molecule has 2 unspecified atom stereocenters. The van der Waals surface area contributed by atoms with Crippen LogP contribution in [0.15, 0.2) is 30.3 Å². The molecule has 2 bridgehead atoms. The van der Waals surface area contributed by atoms with Crippen LogP contribution in [0.3, 0.4) is 0 Å². The minimum Gasteiger partial charge on any atom is -0.294 e. The third-order valence-electron chi connectivity index (χ3n) is 5.92. The first-order chi connectivity index (χ1) is 13.4. The molecule has 2 aliphatic heterocycles. The Hall–Kier alpha value is -2.28. The number of hydrogen-bond acceptors (Lipinski definition) is 2. The van der Waals surface area contributed by atoms with Crippen LogP contribution < -0.4 is 0 Å². The monoisotopic (exact) mass is 395 g/mol. The van der Waals surface area contributed by atoms with E-state index in [1.54, 1.807) is 0 Å². The molecule has 28 heavy (non-hydrogen) atoms. The van der Waals surface area contributed by atoms with Gasteiger partial charge in [0.2, 0.25) is 5.82 Å². The lowest BCUT2D eigenvalue weighted by Gasteiger charge is -2.38. The minimum absolute atomic E-state index is 0.0502. The summed E-state index contributed by atoms with van der Waals surface area (Å²) >= 11 is 0. The van der Waals surface area contributed by atoms with Gasteiger partial charge < -0.3 is 0 Å². The summed E-state index contributed by atoms with van der Waals surface area (Å²) in [7, 11) is 0. The molecule has 7 heteroatoms. The Morgan fingerprint density at radius 1 is 0.821 bits per heavy atom. The lowest BCUT2D eigenvalue weighted by atomic mass is 9.84. The smallest absolute Gasteiger partial charge is 0.200 e. The van der Waals surface area contributed by atoms with E-state index >= 15 is 0 Å². The van der Waals surface area contributed by atoms with E-state index in [9.17, 15) is 26.7 Å². The lowest BCUT2D eigenvalue weighted by molar-refractivity contribution is 0.0668. The van der Waals surface area contributed by atoms with Crippen LogP contribution in [-0.2, 0) is 6.54 Å². The number of piperidine rings is 1. The Morgan fingerprint density at radius 3 is 1.86 bits per heavy atom. The highest BCUT2D eigenvalue weighted by Gasteiger charge is 2.44. The summed E-state index contributed by atoms with van der Waals surface area (Å²) in [6, 6.07) is 9.92. The second-order valence-corrected chi connectivity index (χ2v) is 7.52. The van der Waals surface area contributed by atoms with Crippen molar-refractivity contribution in [1.82, 2.24) is 4.90 Å². The zero-order valence-electron chi connectivity index (χ0n) is 14.9. The number of ketones is 1. The first-order valence-electron chi connectivity index (χ1n) is 9.23. The second kappa shape index (κ2) is 7.28. The van der Waals surface area contributed by atoms with E-state index in [1.165, 1.54) is 0 Å². The molecule has 2 saturated heterocycles. The van der Waals surface area contributed by atoms with Crippen LogP contribution in [0, 0.1) is 35.0 Å². The molecule has 2 atom stereocenters. The highest BCUT2D eigenvalue weighted by molar-refractivity contribution is 5.98. The molecule has 0 aliphatic carbocycles. The van der Waals surface area contributed by atoms with Crippen LogP contribution in [0.25, 0.3) is 0 Å². The lowest BCUT2D eigenvalue weighted by Crippen LogP contribution is -2.44. The molecule has 0 radical (unpaired) electrons. The van der Waals surface area contributed by atoms with Gasteiger partial charge in [-0.3, -0.25) is 9.69 Å². The Morgan fingerprint density at radius 2 is 1.32 bits per heavy atom. The van der Waals surface area contributed by atoms with E-state index in [0.29, 0.717) is 19.4 Å². The van der Waals surface area contributed by atoms with E-state index < -0.39 is 46.4 Å². The van der Waals surface area contributed by atoms with Crippen molar-refractivity contribution < 1.29 is 26.7 Å². The van der Waals surface area contributed by atoms with Gasteiger partial charge in [0.05, 0.1) is 5.56 Å². The summed E-state index contributed by atoms with van der Waals surface area (Å²) in [6.07, 6.45) is 2.39. The highest BCUT2D eigenvalue weighted by Crippen LogP contribution is 2.41. The number of nitrogens with zero attached hydrogens (tertiary/aromatic N) is 1. The molecule has 0 aromatic heterocycles. The fourth-order valence-electron chi connectivity index (χ4n) is 4.57. The first kappa shape index (κ1) is 19.1. The van der Waals surface area contributed by atoms with Crippen LogP contribution >= 0.6 is 0 Å². The molecule has 2 heterocycles. The van der Waals surface area contributed by atoms with Crippen LogP contribution in [0.5, 0.6) is 0 Å². The molecular formula is C21H18F5NO. The molecule has 2 nitrogen and oxygen atoms in total. The zero-order valence-corrected chi connectivity index (χ0v) is 14.9. The largest absolute Gasteiger partial charge is 0.294 e. The number of hydrogen-bond donors (Lipinski definition) is 0. The van der Waals surface area contributed by atoms with E-state index in [0.717, 1.165) is 18.4 Å². The zero-order chi connectivity index (χ0) is 20.0.